The molecule has 0 aliphatic rings. The molecule has 1 aromatic heterocycles. The van der Waals surface area contributed by atoms with Crippen LogP contribution >= 0.6 is 0 Å². The number of allylic oxidation sites excluding steroid dienone is 1. The SMILES string of the molecule is C=CCCc1[nH]c2ccccc2c1-c1ccccc1. The zero-order valence-electron chi connectivity index (χ0n) is 10.9. The lowest BCUT2D eigenvalue weighted by atomic mass is 10.00. The van der Waals surface area contributed by atoms with Gasteiger partial charge in [0.25, 0.3) is 0 Å². The van der Waals surface area contributed by atoms with Crippen molar-refractivity contribution in [2.45, 2.75) is 12.8 Å². The third-order valence-electron chi connectivity index (χ3n) is 3.44. The number of rotatable bonds is 4. The third kappa shape index (κ3) is 2.19. The molecule has 2 aromatic carbocycles. The Balaban J connectivity index is 2.21. The Morgan fingerprint density at radius 3 is 2.47 bits per heavy atom. The van der Waals surface area contributed by atoms with Gasteiger partial charge in [0.15, 0.2) is 0 Å². The van der Waals surface area contributed by atoms with Crippen LogP contribution in [0.3, 0.4) is 0 Å². The van der Waals surface area contributed by atoms with Gasteiger partial charge in [0.1, 0.15) is 0 Å². The largest absolute Gasteiger partial charge is 0.358 e. The highest BCUT2D eigenvalue weighted by Crippen LogP contribution is 2.32. The first-order chi connectivity index (χ1) is 9.40. The second-order valence-corrected chi connectivity index (χ2v) is 4.72. The van der Waals surface area contributed by atoms with Gasteiger partial charge in [-0.05, 0) is 24.5 Å². The molecular formula is C18H17N. The highest BCUT2D eigenvalue weighted by molar-refractivity contribution is 5.97. The van der Waals surface area contributed by atoms with Gasteiger partial charge in [-0.15, -0.1) is 6.58 Å². The molecular weight excluding hydrogens is 230 g/mol. The van der Waals surface area contributed by atoms with Crippen molar-refractivity contribution >= 4 is 10.9 Å². The molecule has 3 aromatic rings. The Kier molecular flexibility index (Phi) is 3.20. The minimum Gasteiger partial charge on any atom is -0.358 e. The van der Waals surface area contributed by atoms with Crippen LogP contribution in [-0.4, -0.2) is 4.98 Å². The Morgan fingerprint density at radius 1 is 0.947 bits per heavy atom. The van der Waals surface area contributed by atoms with Crippen LogP contribution in [-0.2, 0) is 6.42 Å². The van der Waals surface area contributed by atoms with Crippen LogP contribution in [0.1, 0.15) is 12.1 Å². The average molecular weight is 247 g/mol. The zero-order valence-corrected chi connectivity index (χ0v) is 10.9. The van der Waals surface area contributed by atoms with Gasteiger partial charge in [0.05, 0.1) is 0 Å². The van der Waals surface area contributed by atoms with Crippen LogP contribution < -0.4 is 0 Å². The summed E-state index contributed by atoms with van der Waals surface area (Å²) in [5.74, 6) is 0. The van der Waals surface area contributed by atoms with Gasteiger partial charge in [-0.2, -0.15) is 0 Å². The molecule has 0 fully saturated rings. The molecule has 0 spiro atoms. The lowest BCUT2D eigenvalue weighted by molar-refractivity contribution is 0.969. The molecule has 0 bridgehead atoms. The molecule has 0 aliphatic heterocycles. The summed E-state index contributed by atoms with van der Waals surface area (Å²) < 4.78 is 0. The lowest BCUT2D eigenvalue weighted by Gasteiger charge is -2.04. The topological polar surface area (TPSA) is 15.8 Å². The molecule has 0 amide bonds. The number of fused-ring (bicyclic) bond motifs is 1. The van der Waals surface area contributed by atoms with Crippen molar-refractivity contribution in [3.05, 3.63) is 72.9 Å². The first kappa shape index (κ1) is 11.8. The second kappa shape index (κ2) is 5.15. The van der Waals surface area contributed by atoms with E-state index in [1.54, 1.807) is 0 Å². The summed E-state index contributed by atoms with van der Waals surface area (Å²) in [7, 11) is 0. The predicted octanol–water partition coefficient (Wildman–Crippen LogP) is 4.95. The van der Waals surface area contributed by atoms with E-state index in [0.29, 0.717) is 0 Å². The van der Waals surface area contributed by atoms with E-state index in [1.807, 2.05) is 6.08 Å². The molecule has 0 saturated carbocycles. The summed E-state index contributed by atoms with van der Waals surface area (Å²) in [5.41, 5.74) is 5.12. The van der Waals surface area contributed by atoms with Gasteiger partial charge in [0, 0.05) is 22.2 Å². The van der Waals surface area contributed by atoms with Crippen molar-refractivity contribution < 1.29 is 0 Å². The number of hydrogen-bond donors (Lipinski definition) is 1. The van der Waals surface area contributed by atoms with Crippen LogP contribution in [0.15, 0.2) is 67.3 Å². The standard InChI is InChI=1S/C18H17N/c1-2-3-12-17-18(14-9-5-4-6-10-14)15-11-7-8-13-16(15)19-17/h2,4-11,13,19H,1,3,12H2. The van der Waals surface area contributed by atoms with E-state index < -0.39 is 0 Å². The number of H-pyrrole nitrogens is 1. The summed E-state index contributed by atoms with van der Waals surface area (Å²) in [6, 6.07) is 19.1. The number of hydrogen-bond acceptors (Lipinski definition) is 0. The number of nitrogens with one attached hydrogen (secondary N) is 1. The van der Waals surface area contributed by atoms with Crippen LogP contribution in [0.2, 0.25) is 0 Å². The summed E-state index contributed by atoms with van der Waals surface area (Å²) in [4.78, 5) is 3.55. The maximum atomic E-state index is 3.82. The predicted molar refractivity (Wildman–Crippen MR) is 82.3 cm³/mol. The molecule has 1 heterocycles. The molecule has 0 aliphatic carbocycles. The van der Waals surface area contributed by atoms with Crippen molar-refractivity contribution in [1.29, 1.82) is 0 Å². The molecule has 94 valence electrons. The fourth-order valence-electron chi connectivity index (χ4n) is 2.57. The highest BCUT2D eigenvalue weighted by Gasteiger charge is 2.11. The number of aromatic amines is 1. The Bertz CT molecular complexity index is 692. The summed E-state index contributed by atoms with van der Waals surface area (Å²) in [6.45, 7) is 3.82. The fourth-order valence-corrected chi connectivity index (χ4v) is 2.57. The van der Waals surface area contributed by atoms with E-state index in [0.717, 1.165) is 12.8 Å². The van der Waals surface area contributed by atoms with Crippen LogP contribution in [0.4, 0.5) is 0 Å². The molecule has 19 heavy (non-hydrogen) atoms. The minimum absolute atomic E-state index is 0.993. The van der Waals surface area contributed by atoms with Crippen LogP contribution in [0.5, 0.6) is 0 Å². The van der Waals surface area contributed by atoms with Gasteiger partial charge in [0.2, 0.25) is 0 Å². The summed E-state index contributed by atoms with van der Waals surface area (Å²) in [6.07, 6.45) is 3.97. The van der Waals surface area contributed by atoms with E-state index in [1.165, 1.54) is 27.7 Å². The highest BCUT2D eigenvalue weighted by atomic mass is 14.7. The van der Waals surface area contributed by atoms with Crippen molar-refractivity contribution in [1.82, 2.24) is 4.98 Å². The monoisotopic (exact) mass is 247 g/mol. The molecule has 3 rings (SSSR count). The summed E-state index contributed by atoms with van der Waals surface area (Å²) >= 11 is 0. The number of benzene rings is 2. The Hall–Kier alpha value is -2.28. The molecule has 1 N–H and O–H groups in total. The number of para-hydroxylation sites is 1. The first-order valence-electron chi connectivity index (χ1n) is 6.66. The second-order valence-electron chi connectivity index (χ2n) is 4.72. The van der Waals surface area contributed by atoms with Crippen LogP contribution in [0.25, 0.3) is 22.0 Å². The van der Waals surface area contributed by atoms with E-state index in [4.69, 9.17) is 0 Å². The normalized spacial score (nSPS) is 10.7. The van der Waals surface area contributed by atoms with Gasteiger partial charge >= 0.3 is 0 Å². The molecule has 0 unspecified atom stereocenters. The van der Waals surface area contributed by atoms with Gasteiger partial charge in [-0.25, -0.2) is 0 Å². The molecule has 1 nitrogen and oxygen atoms in total. The average Bonchev–Trinajstić information content (AvgIpc) is 2.84. The minimum atomic E-state index is 0.993. The lowest BCUT2D eigenvalue weighted by Crippen LogP contribution is -1.87. The quantitative estimate of drug-likeness (QED) is 0.628. The zero-order chi connectivity index (χ0) is 13.1. The van der Waals surface area contributed by atoms with E-state index >= 15 is 0 Å². The van der Waals surface area contributed by atoms with Gasteiger partial charge in [-0.1, -0.05) is 54.6 Å². The van der Waals surface area contributed by atoms with Gasteiger partial charge in [-0.3, -0.25) is 0 Å². The third-order valence-corrected chi connectivity index (χ3v) is 3.44. The molecule has 0 radical (unpaired) electrons. The summed E-state index contributed by atoms with van der Waals surface area (Å²) in [5, 5.41) is 1.30. The van der Waals surface area contributed by atoms with E-state index in [-0.39, 0.29) is 0 Å². The van der Waals surface area contributed by atoms with Crippen molar-refractivity contribution in [3.63, 3.8) is 0 Å². The maximum absolute atomic E-state index is 3.82. The first-order valence-corrected chi connectivity index (χ1v) is 6.66. The molecule has 0 saturated heterocycles. The molecule has 1 heteroatoms. The van der Waals surface area contributed by atoms with E-state index in [9.17, 15) is 0 Å². The number of aromatic nitrogens is 1. The van der Waals surface area contributed by atoms with Crippen molar-refractivity contribution in [2.75, 3.05) is 0 Å². The Labute approximate surface area is 113 Å². The van der Waals surface area contributed by atoms with Gasteiger partial charge < -0.3 is 4.98 Å². The Morgan fingerprint density at radius 2 is 1.68 bits per heavy atom. The fraction of sp³-hybridized carbons (Fsp3) is 0.111. The number of aryl methyl sites for hydroxylation is 1. The molecule has 0 atom stereocenters. The van der Waals surface area contributed by atoms with Crippen molar-refractivity contribution in [2.24, 2.45) is 0 Å². The van der Waals surface area contributed by atoms with E-state index in [2.05, 4.69) is 66.2 Å². The smallest absolute Gasteiger partial charge is 0.0462 e. The maximum Gasteiger partial charge on any atom is 0.0462 e. The van der Waals surface area contributed by atoms with Crippen molar-refractivity contribution in [3.8, 4) is 11.1 Å². The van der Waals surface area contributed by atoms with Crippen LogP contribution in [0, 0.1) is 0 Å².